The molecule has 3 aliphatic rings. The summed E-state index contributed by atoms with van der Waals surface area (Å²) in [7, 11) is -3.20. The van der Waals surface area contributed by atoms with E-state index in [1.54, 1.807) is 4.90 Å². The summed E-state index contributed by atoms with van der Waals surface area (Å²) in [6.45, 7) is 2.45. The maximum Gasteiger partial charge on any atom is 0.240 e. The molecule has 3 heterocycles. The molecule has 0 bridgehead atoms. The molecule has 108 valence electrons. The number of carbonyl (C=O) groups is 1. The minimum Gasteiger partial charge on any atom is -0.340 e. The highest BCUT2D eigenvalue weighted by molar-refractivity contribution is 7.92. The summed E-state index contributed by atoms with van der Waals surface area (Å²) >= 11 is 0. The van der Waals surface area contributed by atoms with Crippen molar-refractivity contribution < 1.29 is 13.2 Å². The standard InChI is InChI=1S/C13H22N2O3S/c16-13(12-5-1-2-7-19(12,17)18)15-8-10-4-3-6-14-11(10)9-15/h10-12,14H,1-9H2/t10-,11+,12?/m0/s1. The Morgan fingerprint density at radius 2 is 1.95 bits per heavy atom. The topological polar surface area (TPSA) is 66.5 Å². The van der Waals surface area contributed by atoms with Crippen molar-refractivity contribution in [3.05, 3.63) is 0 Å². The van der Waals surface area contributed by atoms with Crippen LogP contribution in [0.2, 0.25) is 0 Å². The first-order valence-corrected chi connectivity index (χ1v) is 9.03. The average molecular weight is 286 g/mol. The monoisotopic (exact) mass is 286 g/mol. The lowest BCUT2D eigenvalue weighted by Gasteiger charge is -2.26. The number of nitrogens with zero attached hydrogens (tertiary/aromatic N) is 1. The first-order valence-electron chi connectivity index (χ1n) is 7.32. The van der Waals surface area contributed by atoms with Crippen LogP contribution in [0.4, 0.5) is 0 Å². The quantitative estimate of drug-likeness (QED) is 0.746. The molecule has 0 aromatic rings. The third-order valence-corrected chi connectivity index (χ3v) is 6.93. The van der Waals surface area contributed by atoms with Crippen LogP contribution in [0.15, 0.2) is 0 Å². The summed E-state index contributed by atoms with van der Waals surface area (Å²) in [6, 6.07) is 0.379. The first kappa shape index (κ1) is 13.4. The predicted molar refractivity (Wildman–Crippen MR) is 72.5 cm³/mol. The average Bonchev–Trinajstić information content (AvgIpc) is 2.81. The molecule has 0 aromatic carbocycles. The van der Waals surface area contributed by atoms with Crippen molar-refractivity contribution in [2.75, 3.05) is 25.4 Å². The van der Waals surface area contributed by atoms with Gasteiger partial charge in [-0.05, 0) is 38.1 Å². The zero-order chi connectivity index (χ0) is 13.5. The fourth-order valence-electron chi connectivity index (χ4n) is 3.66. The normalized spacial score (nSPS) is 37.9. The zero-order valence-corrected chi connectivity index (χ0v) is 12.0. The minimum absolute atomic E-state index is 0.143. The van der Waals surface area contributed by atoms with E-state index in [1.165, 1.54) is 0 Å². The number of rotatable bonds is 1. The van der Waals surface area contributed by atoms with E-state index in [1.807, 2.05) is 0 Å². The fourth-order valence-corrected chi connectivity index (χ4v) is 5.54. The SMILES string of the molecule is O=C(C1CCCCS1(=O)=O)N1C[C@@H]2CCCN[C@@H]2C1. The molecule has 0 spiro atoms. The van der Waals surface area contributed by atoms with Crippen LogP contribution < -0.4 is 5.32 Å². The number of nitrogens with one attached hydrogen (secondary N) is 1. The van der Waals surface area contributed by atoms with Gasteiger partial charge in [-0.2, -0.15) is 0 Å². The summed E-state index contributed by atoms with van der Waals surface area (Å²) in [5.74, 6) is 0.558. The van der Waals surface area contributed by atoms with Gasteiger partial charge in [0.2, 0.25) is 5.91 Å². The third-order valence-electron chi connectivity index (χ3n) is 4.77. The van der Waals surface area contributed by atoms with Crippen LogP contribution in [0.3, 0.4) is 0 Å². The van der Waals surface area contributed by atoms with E-state index in [9.17, 15) is 13.2 Å². The number of piperidine rings is 1. The summed E-state index contributed by atoms with van der Waals surface area (Å²) < 4.78 is 24.1. The molecule has 6 heteroatoms. The second-order valence-corrected chi connectivity index (χ2v) is 8.36. The highest BCUT2D eigenvalue weighted by atomic mass is 32.2. The minimum atomic E-state index is -3.20. The summed E-state index contributed by atoms with van der Waals surface area (Å²) in [5, 5.41) is 2.68. The van der Waals surface area contributed by atoms with Gasteiger partial charge in [0.05, 0.1) is 5.75 Å². The van der Waals surface area contributed by atoms with Crippen LogP contribution >= 0.6 is 0 Å². The number of amides is 1. The van der Waals surface area contributed by atoms with E-state index in [0.29, 0.717) is 31.3 Å². The Kier molecular flexibility index (Phi) is 3.55. The highest BCUT2D eigenvalue weighted by Gasteiger charge is 2.42. The van der Waals surface area contributed by atoms with Gasteiger partial charge in [-0.15, -0.1) is 0 Å². The van der Waals surface area contributed by atoms with Gasteiger partial charge in [-0.25, -0.2) is 8.42 Å². The second kappa shape index (κ2) is 5.05. The van der Waals surface area contributed by atoms with Crippen molar-refractivity contribution in [1.82, 2.24) is 10.2 Å². The van der Waals surface area contributed by atoms with Gasteiger partial charge in [0.15, 0.2) is 9.84 Å². The van der Waals surface area contributed by atoms with Crippen molar-refractivity contribution in [3.63, 3.8) is 0 Å². The van der Waals surface area contributed by atoms with Crippen molar-refractivity contribution in [3.8, 4) is 0 Å². The molecule has 1 unspecified atom stereocenters. The molecule has 0 radical (unpaired) electrons. The zero-order valence-electron chi connectivity index (χ0n) is 11.2. The number of fused-ring (bicyclic) bond motifs is 1. The van der Waals surface area contributed by atoms with E-state index in [-0.39, 0.29) is 11.7 Å². The van der Waals surface area contributed by atoms with Crippen molar-refractivity contribution in [1.29, 1.82) is 0 Å². The number of hydrogen-bond donors (Lipinski definition) is 1. The van der Waals surface area contributed by atoms with Crippen LogP contribution in [0.25, 0.3) is 0 Å². The summed E-state index contributed by atoms with van der Waals surface area (Å²) in [5.41, 5.74) is 0. The lowest BCUT2D eigenvalue weighted by Crippen LogP contribution is -2.45. The Hall–Kier alpha value is -0.620. The van der Waals surface area contributed by atoms with Gasteiger partial charge in [-0.1, -0.05) is 6.42 Å². The smallest absolute Gasteiger partial charge is 0.240 e. The molecule has 3 fully saturated rings. The van der Waals surface area contributed by atoms with Gasteiger partial charge in [0.1, 0.15) is 5.25 Å². The molecule has 19 heavy (non-hydrogen) atoms. The van der Waals surface area contributed by atoms with E-state index < -0.39 is 15.1 Å². The second-order valence-electron chi connectivity index (χ2n) is 6.06. The molecular weight excluding hydrogens is 264 g/mol. The Morgan fingerprint density at radius 3 is 2.68 bits per heavy atom. The Morgan fingerprint density at radius 1 is 1.11 bits per heavy atom. The van der Waals surface area contributed by atoms with Crippen molar-refractivity contribution in [2.45, 2.75) is 43.4 Å². The molecule has 3 rings (SSSR count). The highest BCUT2D eigenvalue weighted by Crippen LogP contribution is 2.28. The van der Waals surface area contributed by atoms with E-state index in [0.717, 1.165) is 32.4 Å². The van der Waals surface area contributed by atoms with Crippen molar-refractivity contribution >= 4 is 15.7 Å². The maximum absolute atomic E-state index is 12.5. The van der Waals surface area contributed by atoms with E-state index in [2.05, 4.69) is 5.32 Å². The predicted octanol–water partition coefficient (Wildman–Crippen LogP) is 0.164. The third kappa shape index (κ3) is 2.52. The Balaban J connectivity index is 1.70. The first-order chi connectivity index (χ1) is 9.08. The molecule has 3 saturated heterocycles. The summed E-state index contributed by atoms with van der Waals surface area (Å²) in [4.78, 5) is 14.3. The van der Waals surface area contributed by atoms with Crippen LogP contribution in [0.1, 0.15) is 32.1 Å². The molecule has 0 aliphatic carbocycles. The van der Waals surface area contributed by atoms with E-state index in [4.69, 9.17) is 0 Å². The number of likely N-dealkylation sites (tertiary alicyclic amines) is 1. The molecular formula is C13H22N2O3S. The van der Waals surface area contributed by atoms with Gasteiger partial charge >= 0.3 is 0 Å². The number of hydrogen-bond acceptors (Lipinski definition) is 4. The maximum atomic E-state index is 12.5. The molecule has 5 nitrogen and oxygen atoms in total. The Bertz CT molecular complexity index is 449. The molecule has 3 atom stereocenters. The largest absolute Gasteiger partial charge is 0.340 e. The van der Waals surface area contributed by atoms with Gasteiger partial charge in [0, 0.05) is 19.1 Å². The fraction of sp³-hybridized carbons (Fsp3) is 0.923. The molecule has 3 aliphatic heterocycles. The van der Waals surface area contributed by atoms with E-state index >= 15 is 0 Å². The van der Waals surface area contributed by atoms with Gasteiger partial charge in [-0.3, -0.25) is 4.79 Å². The number of sulfone groups is 1. The van der Waals surface area contributed by atoms with Crippen LogP contribution in [0.5, 0.6) is 0 Å². The lowest BCUT2D eigenvalue weighted by atomic mass is 9.94. The van der Waals surface area contributed by atoms with Crippen LogP contribution in [-0.2, 0) is 14.6 Å². The van der Waals surface area contributed by atoms with Crippen molar-refractivity contribution in [2.24, 2.45) is 5.92 Å². The molecule has 1 amide bonds. The lowest BCUT2D eigenvalue weighted by molar-refractivity contribution is -0.130. The molecule has 0 saturated carbocycles. The van der Waals surface area contributed by atoms with Gasteiger partial charge in [0.25, 0.3) is 0 Å². The molecule has 1 N–H and O–H groups in total. The molecule has 0 aromatic heterocycles. The number of carbonyl (C=O) groups excluding carboxylic acids is 1. The Labute approximate surface area is 114 Å². The van der Waals surface area contributed by atoms with Crippen LogP contribution in [-0.4, -0.2) is 55.9 Å². The summed E-state index contributed by atoms with van der Waals surface area (Å²) in [6.07, 6.45) is 4.39. The van der Waals surface area contributed by atoms with Gasteiger partial charge < -0.3 is 10.2 Å². The van der Waals surface area contributed by atoms with Crippen LogP contribution in [0, 0.1) is 5.92 Å².